The fourth-order valence-electron chi connectivity index (χ4n) is 2.37. The van der Waals surface area contributed by atoms with E-state index in [-0.39, 0.29) is 30.9 Å². The van der Waals surface area contributed by atoms with Crippen LogP contribution in [0, 0.1) is 5.82 Å². The Morgan fingerprint density at radius 3 is 2.57 bits per heavy atom. The molecule has 0 aliphatic rings. The van der Waals surface area contributed by atoms with Gasteiger partial charge in [0.05, 0.1) is 12.6 Å². The van der Waals surface area contributed by atoms with E-state index in [2.05, 4.69) is 5.32 Å². The third kappa shape index (κ3) is 5.05. The smallest absolute Gasteiger partial charge is 0.234 e. The summed E-state index contributed by atoms with van der Waals surface area (Å²) in [5, 5.41) is 3.31. The van der Waals surface area contributed by atoms with E-state index >= 15 is 0 Å². The number of amides is 1. The fraction of sp³-hybridized carbons (Fsp3) is 0.278. The van der Waals surface area contributed by atoms with Crippen LogP contribution in [0.15, 0.2) is 48.5 Å². The number of benzene rings is 2. The Kier molecular flexibility index (Phi) is 6.13. The molecule has 0 saturated carbocycles. The number of nitrogens with zero attached hydrogens (tertiary/aromatic N) is 1. The molecule has 2 aromatic rings. The molecule has 0 aliphatic carbocycles. The molecule has 1 N–H and O–H groups in total. The Morgan fingerprint density at radius 1 is 1.22 bits per heavy atom. The van der Waals surface area contributed by atoms with E-state index in [4.69, 9.17) is 11.6 Å². The average Bonchev–Trinajstić information content (AvgIpc) is 2.51. The first-order chi connectivity index (χ1) is 11.0. The maximum atomic E-state index is 13.8. The minimum atomic E-state index is -0.359. The van der Waals surface area contributed by atoms with Crippen LogP contribution in [-0.4, -0.2) is 24.4 Å². The number of rotatable bonds is 6. The summed E-state index contributed by atoms with van der Waals surface area (Å²) in [5.74, 6) is -0.473. The minimum absolute atomic E-state index is 0.0749. The summed E-state index contributed by atoms with van der Waals surface area (Å²) >= 11 is 6.01. The van der Waals surface area contributed by atoms with Gasteiger partial charge in [0.2, 0.25) is 5.91 Å². The quantitative estimate of drug-likeness (QED) is 0.871. The molecule has 3 nitrogen and oxygen atoms in total. The minimum Gasteiger partial charge on any atom is -0.348 e. The first-order valence-electron chi connectivity index (χ1n) is 7.43. The molecule has 0 aromatic heterocycles. The number of halogens is 2. The lowest BCUT2D eigenvalue weighted by molar-refractivity contribution is -0.122. The van der Waals surface area contributed by atoms with Crippen molar-refractivity contribution in [3.8, 4) is 0 Å². The molecule has 23 heavy (non-hydrogen) atoms. The highest BCUT2D eigenvalue weighted by atomic mass is 35.5. The first-order valence-corrected chi connectivity index (χ1v) is 7.81. The largest absolute Gasteiger partial charge is 0.348 e. The van der Waals surface area contributed by atoms with Crippen LogP contribution in [0.3, 0.4) is 0 Å². The summed E-state index contributed by atoms with van der Waals surface area (Å²) < 4.78 is 13.8. The predicted octanol–water partition coefficient (Wildman–Crippen LogP) is 3.79. The highest BCUT2D eigenvalue weighted by Crippen LogP contribution is 2.20. The molecule has 0 bridgehead atoms. The molecule has 0 saturated heterocycles. The highest BCUT2D eigenvalue weighted by Gasteiger charge is 2.14. The maximum absolute atomic E-state index is 13.8. The van der Waals surface area contributed by atoms with Crippen LogP contribution < -0.4 is 5.32 Å². The van der Waals surface area contributed by atoms with Crippen molar-refractivity contribution in [2.24, 2.45) is 0 Å². The molecule has 1 amide bonds. The van der Waals surface area contributed by atoms with Crippen LogP contribution in [0.2, 0.25) is 5.02 Å². The summed E-state index contributed by atoms with van der Waals surface area (Å²) in [6.07, 6.45) is 0. The number of nitrogens with one attached hydrogen (secondary N) is 1. The molecule has 2 rings (SSSR count). The van der Waals surface area contributed by atoms with Crippen molar-refractivity contribution in [2.45, 2.75) is 19.5 Å². The summed E-state index contributed by atoms with van der Waals surface area (Å²) in [4.78, 5) is 13.9. The molecule has 0 aliphatic heterocycles. The second-order valence-corrected chi connectivity index (χ2v) is 5.98. The Hall–Kier alpha value is -1.91. The third-order valence-corrected chi connectivity index (χ3v) is 3.93. The average molecular weight is 335 g/mol. The van der Waals surface area contributed by atoms with Crippen molar-refractivity contribution in [2.75, 3.05) is 13.6 Å². The van der Waals surface area contributed by atoms with E-state index in [1.54, 1.807) is 24.1 Å². The zero-order valence-electron chi connectivity index (χ0n) is 13.2. The SMILES string of the molecule is C[C@H](NC(=O)CN(C)Cc1c(F)cccc1Cl)c1ccccc1. The molecule has 0 unspecified atom stereocenters. The molecule has 0 spiro atoms. The van der Waals surface area contributed by atoms with Gasteiger partial charge in [0.15, 0.2) is 0 Å². The Labute approximate surface area is 141 Å². The van der Waals surface area contributed by atoms with Crippen molar-refractivity contribution in [1.82, 2.24) is 10.2 Å². The zero-order valence-corrected chi connectivity index (χ0v) is 14.0. The highest BCUT2D eigenvalue weighted by molar-refractivity contribution is 6.31. The van der Waals surface area contributed by atoms with Gasteiger partial charge in [-0.1, -0.05) is 48.0 Å². The number of carbonyl (C=O) groups excluding carboxylic acids is 1. The number of likely N-dealkylation sites (N-methyl/N-ethyl adjacent to an activating group) is 1. The second kappa shape index (κ2) is 8.09. The fourth-order valence-corrected chi connectivity index (χ4v) is 2.59. The van der Waals surface area contributed by atoms with Crippen molar-refractivity contribution >= 4 is 17.5 Å². The standard InChI is InChI=1S/C18H20ClFN2O/c1-13(14-7-4-3-5-8-14)21-18(23)12-22(2)11-15-16(19)9-6-10-17(15)20/h3-10,13H,11-12H2,1-2H3,(H,21,23)/t13-/m0/s1. The van der Waals surface area contributed by atoms with Gasteiger partial charge < -0.3 is 5.32 Å². The van der Waals surface area contributed by atoms with Crippen LogP contribution in [-0.2, 0) is 11.3 Å². The summed E-state index contributed by atoms with van der Waals surface area (Å²) in [6.45, 7) is 2.38. The van der Waals surface area contributed by atoms with Crippen molar-refractivity contribution in [1.29, 1.82) is 0 Å². The van der Waals surface area contributed by atoms with Crippen LogP contribution in [0.4, 0.5) is 4.39 Å². The van der Waals surface area contributed by atoms with Crippen LogP contribution in [0.25, 0.3) is 0 Å². The number of carbonyl (C=O) groups is 1. The Balaban J connectivity index is 1.90. The van der Waals surface area contributed by atoms with Crippen LogP contribution in [0.1, 0.15) is 24.1 Å². The lowest BCUT2D eigenvalue weighted by Crippen LogP contribution is -2.36. The van der Waals surface area contributed by atoms with Crippen LogP contribution in [0.5, 0.6) is 0 Å². The van der Waals surface area contributed by atoms with Gasteiger partial charge in [0.25, 0.3) is 0 Å². The Morgan fingerprint density at radius 2 is 1.91 bits per heavy atom. The van der Waals surface area contributed by atoms with Gasteiger partial charge in [-0.05, 0) is 31.7 Å². The summed E-state index contributed by atoms with van der Waals surface area (Å²) in [6, 6.07) is 14.2. The van der Waals surface area contributed by atoms with E-state index in [1.807, 2.05) is 37.3 Å². The zero-order chi connectivity index (χ0) is 16.8. The summed E-state index contributed by atoms with van der Waals surface area (Å²) in [5.41, 5.74) is 1.45. The van der Waals surface area contributed by atoms with Crippen molar-refractivity contribution in [3.05, 3.63) is 70.5 Å². The van der Waals surface area contributed by atoms with E-state index in [1.165, 1.54) is 6.07 Å². The molecule has 0 fully saturated rings. The molecule has 1 atom stereocenters. The monoisotopic (exact) mass is 334 g/mol. The second-order valence-electron chi connectivity index (χ2n) is 5.57. The Bertz CT molecular complexity index is 643. The number of hydrogen-bond donors (Lipinski definition) is 1. The van der Waals surface area contributed by atoms with Gasteiger partial charge in [0.1, 0.15) is 5.82 Å². The van der Waals surface area contributed by atoms with Gasteiger partial charge >= 0.3 is 0 Å². The van der Waals surface area contributed by atoms with E-state index in [9.17, 15) is 9.18 Å². The van der Waals surface area contributed by atoms with Gasteiger partial charge in [-0.3, -0.25) is 9.69 Å². The summed E-state index contributed by atoms with van der Waals surface area (Å²) in [7, 11) is 1.76. The maximum Gasteiger partial charge on any atom is 0.234 e. The molecule has 0 radical (unpaired) electrons. The van der Waals surface area contributed by atoms with Crippen molar-refractivity contribution < 1.29 is 9.18 Å². The van der Waals surface area contributed by atoms with Gasteiger partial charge in [-0.25, -0.2) is 4.39 Å². The molecular formula is C18H20ClFN2O. The molecular weight excluding hydrogens is 315 g/mol. The van der Waals surface area contributed by atoms with Crippen molar-refractivity contribution in [3.63, 3.8) is 0 Å². The topological polar surface area (TPSA) is 32.3 Å². The van der Waals surface area contributed by atoms with Crippen LogP contribution >= 0.6 is 11.6 Å². The normalized spacial score (nSPS) is 12.2. The first kappa shape index (κ1) is 17.4. The molecule has 0 heterocycles. The molecule has 2 aromatic carbocycles. The lowest BCUT2D eigenvalue weighted by Gasteiger charge is -2.20. The molecule has 122 valence electrons. The van der Waals surface area contributed by atoms with E-state index in [0.29, 0.717) is 10.6 Å². The van der Waals surface area contributed by atoms with Gasteiger partial charge in [-0.15, -0.1) is 0 Å². The van der Waals surface area contributed by atoms with Gasteiger partial charge in [0, 0.05) is 17.1 Å². The van der Waals surface area contributed by atoms with E-state index in [0.717, 1.165) is 5.56 Å². The predicted molar refractivity (Wildman–Crippen MR) is 90.7 cm³/mol. The lowest BCUT2D eigenvalue weighted by atomic mass is 10.1. The van der Waals surface area contributed by atoms with E-state index < -0.39 is 0 Å². The molecule has 5 heteroatoms. The third-order valence-electron chi connectivity index (χ3n) is 3.58. The number of hydrogen-bond acceptors (Lipinski definition) is 2. The van der Waals surface area contributed by atoms with Gasteiger partial charge in [-0.2, -0.15) is 0 Å².